The van der Waals surface area contributed by atoms with Crippen molar-refractivity contribution in [2.45, 2.75) is 50.4 Å². The molecule has 1 aliphatic heterocycles. The molecule has 0 bridgehead atoms. The summed E-state index contributed by atoms with van der Waals surface area (Å²) >= 11 is 0. The Morgan fingerprint density at radius 1 is 1.12 bits per heavy atom. The van der Waals surface area contributed by atoms with Gasteiger partial charge in [0.2, 0.25) is 0 Å². The molecule has 4 nitrogen and oxygen atoms in total. The lowest BCUT2D eigenvalue weighted by Crippen LogP contribution is -2.44. The average molecular weight is 339 g/mol. The molecule has 5 rings (SSSR count). The summed E-state index contributed by atoms with van der Waals surface area (Å²) in [6, 6.07) is 8.60. The number of rotatable bonds is 1. The fourth-order valence-electron chi connectivity index (χ4n) is 5.66. The van der Waals surface area contributed by atoms with Crippen molar-refractivity contribution >= 4 is 10.8 Å². The molecule has 0 radical (unpaired) electrons. The van der Waals surface area contributed by atoms with E-state index in [4.69, 9.17) is 9.47 Å². The van der Waals surface area contributed by atoms with Gasteiger partial charge >= 0.3 is 0 Å². The molecule has 1 spiro atoms. The zero-order valence-corrected chi connectivity index (χ0v) is 14.6. The van der Waals surface area contributed by atoms with Crippen LogP contribution in [0.5, 0.6) is 0 Å². The molecule has 1 aromatic heterocycles. The SMILES string of the molecule is C[C@]12CCC3(C[C@@H]1C[C@@H](O)[C@@H]2c1ccc2ccncc2c1)OCCO3. The van der Waals surface area contributed by atoms with Gasteiger partial charge in [-0.15, -0.1) is 0 Å². The molecule has 1 saturated heterocycles. The molecule has 2 aliphatic carbocycles. The smallest absolute Gasteiger partial charge is 0.168 e. The number of aliphatic hydroxyl groups is 1. The lowest BCUT2D eigenvalue weighted by molar-refractivity contribution is -0.203. The number of hydrogen-bond acceptors (Lipinski definition) is 4. The molecule has 2 heterocycles. The average Bonchev–Trinajstić information content (AvgIpc) is 3.17. The maximum atomic E-state index is 10.9. The summed E-state index contributed by atoms with van der Waals surface area (Å²) in [5.41, 5.74) is 1.33. The van der Waals surface area contributed by atoms with Crippen molar-refractivity contribution in [3.8, 4) is 0 Å². The first-order valence-corrected chi connectivity index (χ1v) is 9.39. The lowest BCUT2D eigenvalue weighted by atomic mass is 9.62. The van der Waals surface area contributed by atoms with Gasteiger partial charge in [-0.2, -0.15) is 0 Å². The number of pyridine rings is 1. The third kappa shape index (κ3) is 2.35. The van der Waals surface area contributed by atoms with Crippen molar-refractivity contribution in [1.29, 1.82) is 0 Å². The zero-order chi connectivity index (χ0) is 17.1. The van der Waals surface area contributed by atoms with Crippen LogP contribution in [0.1, 0.15) is 44.1 Å². The molecule has 4 heteroatoms. The van der Waals surface area contributed by atoms with Gasteiger partial charge in [0.05, 0.1) is 19.3 Å². The standard InChI is InChI=1S/C21H25NO3/c1-20-5-6-21(24-8-9-25-21)12-17(20)11-18(23)19(20)15-3-2-14-4-7-22-13-16(14)10-15/h2-4,7,10,13,17-19,23H,5-6,8-9,11-12H2,1H3/t17-,18+,19-,20-/m0/s1. The largest absolute Gasteiger partial charge is 0.392 e. The summed E-state index contributed by atoms with van der Waals surface area (Å²) in [6.07, 6.45) is 7.14. The summed E-state index contributed by atoms with van der Waals surface area (Å²) in [5, 5.41) is 13.3. The number of hydrogen-bond donors (Lipinski definition) is 1. The van der Waals surface area contributed by atoms with Crippen molar-refractivity contribution in [1.82, 2.24) is 4.98 Å². The van der Waals surface area contributed by atoms with Crippen molar-refractivity contribution in [3.05, 3.63) is 42.2 Å². The summed E-state index contributed by atoms with van der Waals surface area (Å²) in [4.78, 5) is 4.25. The van der Waals surface area contributed by atoms with E-state index in [1.54, 1.807) is 0 Å². The third-order valence-corrected chi connectivity index (χ3v) is 6.99. The van der Waals surface area contributed by atoms with Crippen LogP contribution in [0.2, 0.25) is 0 Å². The molecule has 0 amide bonds. The van der Waals surface area contributed by atoms with Crippen LogP contribution < -0.4 is 0 Å². The summed E-state index contributed by atoms with van der Waals surface area (Å²) < 4.78 is 11.9. The highest BCUT2D eigenvalue weighted by atomic mass is 16.7. The number of ether oxygens (including phenoxy) is 2. The van der Waals surface area contributed by atoms with Crippen molar-refractivity contribution in [2.24, 2.45) is 11.3 Å². The van der Waals surface area contributed by atoms with Crippen LogP contribution in [0, 0.1) is 11.3 Å². The van der Waals surface area contributed by atoms with Gasteiger partial charge in [-0.3, -0.25) is 4.98 Å². The predicted octanol–water partition coefficient (Wildman–Crippen LogP) is 3.63. The molecule has 0 unspecified atom stereocenters. The molecule has 25 heavy (non-hydrogen) atoms. The van der Waals surface area contributed by atoms with Gasteiger partial charge < -0.3 is 14.6 Å². The molecule has 2 saturated carbocycles. The first kappa shape index (κ1) is 15.7. The topological polar surface area (TPSA) is 51.6 Å². The highest BCUT2D eigenvalue weighted by Crippen LogP contribution is 2.62. The predicted molar refractivity (Wildman–Crippen MR) is 95.2 cm³/mol. The number of aromatic nitrogens is 1. The fourth-order valence-corrected chi connectivity index (χ4v) is 5.66. The Morgan fingerprint density at radius 2 is 1.96 bits per heavy atom. The molecule has 1 aromatic carbocycles. The highest BCUT2D eigenvalue weighted by Gasteiger charge is 2.58. The van der Waals surface area contributed by atoms with Gasteiger partial charge in [0.15, 0.2) is 5.79 Å². The summed E-state index contributed by atoms with van der Waals surface area (Å²) in [6.45, 7) is 3.76. The Kier molecular flexibility index (Phi) is 3.46. The molecular weight excluding hydrogens is 314 g/mol. The Balaban J connectivity index is 1.50. The first-order chi connectivity index (χ1) is 12.1. The van der Waals surface area contributed by atoms with Crippen LogP contribution in [-0.2, 0) is 9.47 Å². The molecule has 4 atom stereocenters. The van der Waals surface area contributed by atoms with E-state index in [-0.39, 0.29) is 23.2 Å². The normalized spacial score (nSPS) is 36.8. The molecule has 3 fully saturated rings. The van der Waals surface area contributed by atoms with E-state index in [0.717, 1.165) is 31.1 Å². The van der Waals surface area contributed by atoms with Gasteiger partial charge in [0.1, 0.15) is 0 Å². The summed E-state index contributed by atoms with van der Waals surface area (Å²) in [5.74, 6) is 0.219. The van der Waals surface area contributed by atoms with Gasteiger partial charge in [0, 0.05) is 36.5 Å². The van der Waals surface area contributed by atoms with Crippen LogP contribution in [0.3, 0.4) is 0 Å². The minimum atomic E-state index is -0.383. The Hall–Kier alpha value is -1.49. The van der Waals surface area contributed by atoms with Gasteiger partial charge in [-0.25, -0.2) is 0 Å². The Morgan fingerprint density at radius 3 is 2.80 bits per heavy atom. The van der Waals surface area contributed by atoms with Crippen LogP contribution in [0.25, 0.3) is 10.8 Å². The summed E-state index contributed by atoms with van der Waals surface area (Å²) in [7, 11) is 0. The molecule has 3 aliphatic rings. The second-order valence-corrected chi connectivity index (χ2v) is 8.28. The van der Waals surface area contributed by atoms with E-state index in [9.17, 15) is 5.11 Å². The highest BCUT2D eigenvalue weighted by molar-refractivity contribution is 5.82. The maximum Gasteiger partial charge on any atom is 0.168 e. The van der Waals surface area contributed by atoms with E-state index in [2.05, 4.69) is 30.1 Å². The number of aliphatic hydroxyl groups excluding tert-OH is 1. The van der Waals surface area contributed by atoms with Crippen LogP contribution in [0.15, 0.2) is 36.7 Å². The minimum absolute atomic E-state index is 0.0931. The number of nitrogens with zero attached hydrogens (tertiary/aromatic N) is 1. The fraction of sp³-hybridized carbons (Fsp3) is 0.571. The quantitative estimate of drug-likeness (QED) is 0.862. The minimum Gasteiger partial charge on any atom is -0.392 e. The van der Waals surface area contributed by atoms with Crippen molar-refractivity contribution in [3.63, 3.8) is 0 Å². The number of fused-ring (bicyclic) bond motifs is 2. The van der Waals surface area contributed by atoms with Crippen molar-refractivity contribution < 1.29 is 14.6 Å². The Labute approximate surface area is 148 Å². The van der Waals surface area contributed by atoms with E-state index in [0.29, 0.717) is 19.1 Å². The number of benzene rings is 1. The van der Waals surface area contributed by atoms with Crippen molar-refractivity contribution in [2.75, 3.05) is 13.2 Å². The zero-order valence-electron chi connectivity index (χ0n) is 14.6. The monoisotopic (exact) mass is 339 g/mol. The lowest BCUT2D eigenvalue weighted by Gasteiger charge is -2.47. The first-order valence-electron chi connectivity index (χ1n) is 9.39. The molecule has 1 N–H and O–H groups in total. The molecule has 2 aromatic rings. The molecule has 132 valence electrons. The van der Waals surface area contributed by atoms with E-state index in [1.807, 2.05) is 18.5 Å². The maximum absolute atomic E-state index is 10.9. The third-order valence-electron chi connectivity index (χ3n) is 6.99. The van der Waals surface area contributed by atoms with Gasteiger partial charge in [-0.05, 0) is 47.3 Å². The second-order valence-electron chi connectivity index (χ2n) is 8.28. The van der Waals surface area contributed by atoms with E-state index < -0.39 is 0 Å². The molecular formula is C21H25NO3. The van der Waals surface area contributed by atoms with Gasteiger partial charge in [-0.1, -0.05) is 19.1 Å². The van der Waals surface area contributed by atoms with Crippen LogP contribution >= 0.6 is 0 Å². The Bertz CT molecular complexity index is 801. The van der Waals surface area contributed by atoms with Gasteiger partial charge in [0.25, 0.3) is 0 Å². The van der Waals surface area contributed by atoms with E-state index >= 15 is 0 Å². The van der Waals surface area contributed by atoms with Crippen LogP contribution in [-0.4, -0.2) is 35.2 Å². The van der Waals surface area contributed by atoms with E-state index in [1.165, 1.54) is 10.9 Å². The second kappa shape index (κ2) is 5.50. The van der Waals surface area contributed by atoms with Crippen LogP contribution in [0.4, 0.5) is 0 Å².